The third-order valence-corrected chi connectivity index (χ3v) is 4.49. The fourth-order valence-corrected chi connectivity index (χ4v) is 2.80. The van der Waals surface area contributed by atoms with Crippen molar-refractivity contribution >= 4 is 15.9 Å². The topological polar surface area (TPSA) is 84.9 Å². The Bertz CT molecular complexity index is 604. The molecule has 0 aliphatic heterocycles. The summed E-state index contributed by atoms with van der Waals surface area (Å²) in [5.74, 6) is 0.345. The molecule has 130 valence electrons. The number of sulfonamides is 1. The van der Waals surface area contributed by atoms with E-state index in [0.717, 1.165) is 16.1 Å². The highest BCUT2D eigenvalue weighted by Gasteiger charge is 2.20. The van der Waals surface area contributed by atoms with Crippen LogP contribution in [0.5, 0.6) is 5.75 Å². The Kier molecular flexibility index (Phi) is 8.01. The summed E-state index contributed by atoms with van der Waals surface area (Å²) >= 11 is 0. The van der Waals surface area contributed by atoms with Crippen LogP contribution in [0.15, 0.2) is 24.3 Å². The lowest BCUT2D eigenvalue weighted by atomic mass is 10.1. The van der Waals surface area contributed by atoms with Crippen LogP contribution in [0.3, 0.4) is 0 Å². The second kappa shape index (κ2) is 9.49. The van der Waals surface area contributed by atoms with Crippen LogP contribution in [0.4, 0.5) is 0 Å². The highest BCUT2D eigenvalue weighted by Crippen LogP contribution is 2.18. The molecule has 0 heterocycles. The van der Waals surface area contributed by atoms with Gasteiger partial charge in [0.2, 0.25) is 15.9 Å². The van der Waals surface area contributed by atoms with Crippen molar-refractivity contribution < 1.29 is 22.7 Å². The van der Waals surface area contributed by atoms with Gasteiger partial charge < -0.3 is 14.8 Å². The van der Waals surface area contributed by atoms with E-state index in [0.29, 0.717) is 25.3 Å². The first kappa shape index (κ1) is 19.4. The Morgan fingerprint density at radius 1 is 1.26 bits per heavy atom. The average molecular weight is 344 g/mol. The monoisotopic (exact) mass is 344 g/mol. The lowest BCUT2D eigenvalue weighted by Gasteiger charge is -2.20. The number of amides is 1. The predicted octanol–water partition coefficient (Wildman–Crippen LogP) is 0.262. The number of para-hydroxylation sites is 1. The average Bonchev–Trinajstić information content (AvgIpc) is 2.50. The summed E-state index contributed by atoms with van der Waals surface area (Å²) in [6, 6.07) is 7.40. The van der Waals surface area contributed by atoms with Gasteiger partial charge in [0.05, 0.1) is 26.5 Å². The molecule has 1 aromatic rings. The third-order valence-electron chi connectivity index (χ3n) is 3.24. The van der Waals surface area contributed by atoms with Crippen LogP contribution in [0, 0.1) is 0 Å². The molecule has 1 rings (SSSR count). The van der Waals surface area contributed by atoms with E-state index in [-0.39, 0.29) is 19.0 Å². The van der Waals surface area contributed by atoms with Crippen LogP contribution in [0.1, 0.15) is 5.56 Å². The van der Waals surface area contributed by atoms with E-state index in [4.69, 9.17) is 9.47 Å². The number of benzene rings is 1. The number of ether oxygens (including phenoxy) is 2. The van der Waals surface area contributed by atoms with Gasteiger partial charge in [-0.15, -0.1) is 0 Å². The Morgan fingerprint density at radius 2 is 1.96 bits per heavy atom. The molecule has 1 N–H and O–H groups in total. The predicted molar refractivity (Wildman–Crippen MR) is 88.0 cm³/mol. The van der Waals surface area contributed by atoms with Crippen molar-refractivity contribution in [2.75, 3.05) is 46.7 Å². The third kappa shape index (κ3) is 6.98. The summed E-state index contributed by atoms with van der Waals surface area (Å²) in [5.41, 5.74) is 0.892. The number of carbonyl (C=O) groups excluding carboxylic acids is 1. The van der Waals surface area contributed by atoms with Gasteiger partial charge in [0.1, 0.15) is 5.75 Å². The largest absolute Gasteiger partial charge is 0.496 e. The molecule has 23 heavy (non-hydrogen) atoms. The van der Waals surface area contributed by atoms with Crippen LogP contribution < -0.4 is 10.1 Å². The minimum absolute atomic E-state index is 0.205. The number of nitrogens with zero attached hydrogens (tertiary/aromatic N) is 1. The smallest absolute Gasteiger partial charge is 0.235 e. The van der Waals surface area contributed by atoms with Gasteiger partial charge in [0, 0.05) is 20.2 Å². The lowest BCUT2D eigenvalue weighted by molar-refractivity contribution is -0.121. The molecule has 8 heteroatoms. The van der Waals surface area contributed by atoms with Crippen LogP contribution >= 0.6 is 0 Å². The molecular weight excluding hydrogens is 320 g/mol. The Labute approximate surface area is 137 Å². The van der Waals surface area contributed by atoms with Crippen LogP contribution in [-0.2, 0) is 26.0 Å². The number of rotatable bonds is 10. The number of nitrogens with one attached hydrogen (secondary N) is 1. The summed E-state index contributed by atoms with van der Waals surface area (Å²) in [6.45, 7) is 0.722. The van der Waals surface area contributed by atoms with E-state index in [1.807, 2.05) is 24.3 Å². The fraction of sp³-hybridized carbons (Fsp3) is 0.533. The molecule has 0 saturated carbocycles. The molecule has 7 nitrogen and oxygen atoms in total. The first-order chi connectivity index (χ1) is 10.9. The quantitative estimate of drug-likeness (QED) is 0.616. The molecule has 0 aliphatic rings. The number of carbonyl (C=O) groups is 1. The Morgan fingerprint density at radius 3 is 2.57 bits per heavy atom. The first-order valence-corrected chi connectivity index (χ1v) is 9.06. The molecule has 0 aliphatic carbocycles. The van der Waals surface area contributed by atoms with Crippen molar-refractivity contribution in [2.45, 2.75) is 6.42 Å². The van der Waals surface area contributed by atoms with E-state index in [1.165, 1.54) is 7.11 Å². The highest BCUT2D eigenvalue weighted by atomic mass is 32.2. The van der Waals surface area contributed by atoms with E-state index in [1.54, 1.807) is 7.11 Å². The van der Waals surface area contributed by atoms with Crippen molar-refractivity contribution in [3.05, 3.63) is 29.8 Å². The lowest BCUT2D eigenvalue weighted by Crippen LogP contribution is -2.42. The van der Waals surface area contributed by atoms with Crippen molar-refractivity contribution in [3.63, 3.8) is 0 Å². The summed E-state index contributed by atoms with van der Waals surface area (Å²) in [6.07, 6.45) is 1.56. The Balaban J connectivity index is 2.67. The number of hydrogen-bond acceptors (Lipinski definition) is 5. The van der Waals surface area contributed by atoms with Gasteiger partial charge in [-0.2, -0.15) is 4.31 Å². The first-order valence-electron chi connectivity index (χ1n) is 7.21. The van der Waals surface area contributed by atoms with Gasteiger partial charge in [-0.25, -0.2) is 8.42 Å². The molecule has 0 bridgehead atoms. The molecule has 0 radical (unpaired) electrons. The molecule has 0 unspecified atom stereocenters. The van der Waals surface area contributed by atoms with Crippen molar-refractivity contribution in [1.29, 1.82) is 0 Å². The van der Waals surface area contributed by atoms with E-state index in [9.17, 15) is 13.2 Å². The summed E-state index contributed by atoms with van der Waals surface area (Å²) in [5, 5.41) is 2.61. The van der Waals surface area contributed by atoms with Crippen molar-refractivity contribution in [2.24, 2.45) is 0 Å². The normalized spacial score (nSPS) is 11.5. The second-order valence-electron chi connectivity index (χ2n) is 5.00. The minimum Gasteiger partial charge on any atom is -0.496 e. The van der Waals surface area contributed by atoms with Gasteiger partial charge in [0.15, 0.2) is 0 Å². The van der Waals surface area contributed by atoms with Crippen LogP contribution in [0.2, 0.25) is 0 Å². The van der Waals surface area contributed by atoms with Crippen LogP contribution in [-0.4, -0.2) is 65.3 Å². The summed E-state index contributed by atoms with van der Waals surface area (Å²) < 4.78 is 35.0. The summed E-state index contributed by atoms with van der Waals surface area (Å²) in [4.78, 5) is 11.8. The fourth-order valence-electron chi connectivity index (χ4n) is 2.03. The molecule has 0 atom stereocenters. The Hall–Kier alpha value is -1.64. The van der Waals surface area contributed by atoms with Gasteiger partial charge in [0.25, 0.3) is 0 Å². The van der Waals surface area contributed by atoms with E-state index >= 15 is 0 Å². The van der Waals surface area contributed by atoms with E-state index in [2.05, 4.69) is 5.32 Å². The van der Waals surface area contributed by atoms with Gasteiger partial charge in [-0.3, -0.25) is 4.79 Å². The maximum atomic E-state index is 11.9. The van der Waals surface area contributed by atoms with Gasteiger partial charge in [-0.05, 0) is 18.1 Å². The van der Waals surface area contributed by atoms with Gasteiger partial charge in [-0.1, -0.05) is 18.2 Å². The SMILES string of the molecule is COCCNC(=O)CN(CCc1ccccc1OC)S(C)(=O)=O. The molecule has 0 saturated heterocycles. The van der Waals surface area contributed by atoms with E-state index < -0.39 is 10.0 Å². The molecular formula is C15H24N2O5S. The molecule has 1 amide bonds. The van der Waals surface area contributed by atoms with Crippen molar-refractivity contribution in [3.8, 4) is 5.75 Å². The molecule has 1 aromatic carbocycles. The maximum Gasteiger partial charge on any atom is 0.235 e. The van der Waals surface area contributed by atoms with Crippen molar-refractivity contribution in [1.82, 2.24) is 9.62 Å². The number of methoxy groups -OCH3 is 2. The molecule has 0 fully saturated rings. The van der Waals surface area contributed by atoms with Gasteiger partial charge >= 0.3 is 0 Å². The zero-order valence-electron chi connectivity index (χ0n) is 13.7. The second-order valence-corrected chi connectivity index (χ2v) is 6.98. The number of hydrogen-bond donors (Lipinski definition) is 1. The highest BCUT2D eigenvalue weighted by molar-refractivity contribution is 7.88. The van der Waals surface area contributed by atoms with Crippen LogP contribution in [0.25, 0.3) is 0 Å². The summed E-state index contributed by atoms with van der Waals surface area (Å²) in [7, 11) is -0.384. The molecule has 0 aromatic heterocycles. The zero-order valence-corrected chi connectivity index (χ0v) is 14.6. The molecule has 0 spiro atoms. The standard InChI is InChI=1S/C15H24N2O5S/c1-21-11-9-16-15(18)12-17(23(3,19)20)10-8-13-6-4-5-7-14(13)22-2/h4-7H,8-12H2,1-3H3,(H,16,18). The zero-order chi connectivity index (χ0) is 17.3. The maximum absolute atomic E-state index is 11.9. The minimum atomic E-state index is -3.48.